The standard InChI is InChI=1S/C17H20F2N4S/c18-14-8-6-13(10-15(14)19)11-20-23-16(21-22-17(23)24)9-7-12-4-2-1-3-5-12/h6,8,10-12H,1-5,7,9H2,(H,22,24)/b20-11-. The minimum Gasteiger partial charge on any atom is -0.250 e. The molecule has 0 amide bonds. The van der Waals surface area contributed by atoms with Crippen LogP contribution in [0.3, 0.4) is 0 Å². The zero-order valence-electron chi connectivity index (χ0n) is 13.3. The van der Waals surface area contributed by atoms with Gasteiger partial charge in [0.25, 0.3) is 0 Å². The van der Waals surface area contributed by atoms with Crippen LogP contribution in [0, 0.1) is 22.3 Å². The third-order valence-corrected chi connectivity index (χ3v) is 4.75. The van der Waals surface area contributed by atoms with Crippen molar-refractivity contribution in [3.63, 3.8) is 0 Å². The predicted molar refractivity (Wildman–Crippen MR) is 91.7 cm³/mol. The molecule has 0 spiro atoms. The molecule has 128 valence electrons. The number of hydrogen-bond donors (Lipinski definition) is 1. The SMILES string of the molecule is Fc1ccc(/C=N\n2c(CCC3CCCCC3)n[nH]c2=S)cc1F. The molecule has 0 unspecified atom stereocenters. The molecular weight excluding hydrogens is 330 g/mol. The summed E-state index contributed by atoms with van der Waals surface area (Å²) in [5, 5.41) is 11.3. The summed E-state index contributed by atoms with van der Waals surface area (Å²) in [4.78, 5) is 0. The first-order valence-corrected chi connectivity index (χ1v) is 8.70. The second kappa shape index (κ2) is 7.79. The van der Waals surface area contributed by atoms with Gasteiger partial charge in [0.05, 0.1) is 6.21 Å². The predicted octanol–water partition coefficient (Wildman–Crippen LogP) is 4.61. The average molecular weight is 350 g/mol. The van der Waals surface area contributed by atoms with Gasteiger partial charge in [-0.1, -0.05) is 38.2 Å². The van der Waals surface area contributed by atoms with E-state index in [1.807, 2.05) is 0 Å². The first kappa shape index (κ1) is 17.0. The van der Waals surface area contributed by atoms with E-state index in [-0.39, 0.29) is 0 Å². The highest BCUT2D eigenvalue weighted by atomic mass is 32.1. The number of nitrogens with one attached hydrogen (secondary N) is 1. The summed E-state index contributed by atoms with van der Waals surface area (Å²) in [5.41, 5.74) is 0.468. The molecule has 4 nitrogen and oxygen atoms in total. The van der Waals surface area contributed by atoms with Crippen LogP contribution in [0.4, 0.5) is 8.78 Å². The number of aryl methyl sites for hydroxylation is 1. The Morgan fingerprint density at radius 2 is 2.04 bits per heavy atom. The van der Waals surface area contributed by atoms with Crippen molar-refractivity contribution in [2.45, 2.75) is 44.9 Å². The van der Waals surface area contributed by atoms with Gasteiger partial charge in [-0.2, -0.15) is 14.9 Å². The van der Waals surface area contributed by atoms with Crippen molar-refractivity contribution in [3.8, 4) is 0 Å². The lowest BCUT2D eigenvalue weighted by Gasteiger charge is -2.20. The monoisotopic (exact) mass is 350 g/mol. The Morgan fingerprint density at radius 1 is 1.25 bits per heavy atom. The Bertz CT molecular complexity index is 775. The highest BCUT2D eigenvalue weighted by molar-refractivity contribution is 7.71. The van der Waals surface area contributed by atoms with Gasteiger partial charge in [-0.25, -0.2) is 8.78 Å². The smallest absolute Gasteiger partial charge is 0.216 e. The average Bonchev–Trinajstić information content (AvgIpc) is 2.95. The molecule has 3 rings (SSSR count). The van der Waals surface area contributed by atoms with Crippen LogP contribution in [0.5, 0.6) is 0 Å². The van der Waals surface area contributed by atoms with Gasteiger partial charge in [-0.3, -0.25) is 5.10 Å². The minimum absolute atomic E-state index is 0.396. The quantitative estimate of drug-likeness (QED) is 0.632. The molecule has 1 aliphatic carbocycles. The summed E-state index contributed by atoms with van der Waals surface area (Å²) in [6.45, 7) is 0. The van der Waals surface area contributed by atoms with Crippen molar-refractivity contribution in [2.75, 3.05) is 0 Å². The van der Waals surface area contributed by atoms with Gasteiger partial charge in [0.1, 0.15) is 0 Å². The van der Waals surface area contributed by atoms with E-state index in [0.29, 0.717) is 10.3 Å². The molecular formula is C17H20F2N4S. The van der Waals surface area contributed by atoms with Gasteiger partial charge >= 0.3 is 0 Å². The fourth-order valence-electron chi connectivity index (χ4n) is 3.13. The molecule has 0 atom stereocenters. The second-order valence-electron chi connectivity index (χ2n) is 6.22. The van der Waals surface area contributed by atoms with E-state index in [1.165, 1.54) is 44.4 Å². The Hall–Kier alpha value is -1.89. The highest BCUT2D eigenvalue weighted by Crippen LogP contribution is 2.27. The Labute approximate surface area is 144 Å². The molecule has 1 aromatic heterocycles. The van der Waals surface area contributed by atoms with Gasteiger partial charge in [-0.15, -0.1) is 0 Å². The van der Waals surface area contributed by atoms with Crippen LogP contribution in [0.1, 0.15) is 49.9 Å². The van der Waals surface area contributed by atoms with E-state index in [9.17, 15) is 8.78 Å². The summed E-state index contributed by atoms with van der Waals surface area (Å²) >= 11 is 5.20. The molecule has 1 aromatic carbocycles. The van der Waals surface area contributed by atoms with E-state index in [2.05, 4.69) is 15.3 Å². The molecule has 1 aliphatic rings. The number of benzene rings is 1. The Balaban J connectivity index is 1.70. The number of H-pyrrole nitrogens is 1. The van der Waals surface area contributed by atoms with Gasteiger partial charge < -0.3 is 0 Å². The molecule has 0 bridgehead atoms. The number of halogens is 2. The third-order valence-electron chi connectivity index (χ3n) is 4.48. The minimum atomic E-state index is -0.896. The number of aromatic amines is 1. The molecule has 1 fully saturated rings. The third kappa shape index (κ3) is 4.14. The van der Waals surface area contributed by atoms with E-state index in [1.54, 1.807) is 4.68 Å². The molecule has 0 aliphatic heterocycles. The fourth-order valence-corrected chi connectivity index (χ4v) is 3.33. The molecule has 0 radical (unpaired) electrons. The topological polar surface area (TPSA) is 46.0 Å². The van der Waals surface area contributed by atoms with E-state index in [0.717, 1.165) is 36.7 Å². The van der Waals surface area contributed by atoms with Crippen molar-refractivity contribution in [2.24, 2.45) is 11.0 Å². The summed E-state index contributed by atoms with van der Waals surface area (Å²) in [6.07, 6.45) is 9.85. The maximum Gasteiger partial charge on any atom is 0.216 e. The molecule has 2 aromatic rings. The zero-order valence-corrected chi connectivity index (χ0v) is 14.2. The van der Waals surface area contributed by atoms with Gasteiger partial charge in [0.15, 0.2) is 17.5 Å². The largest absolute Gasteiger partial charge is 0.250 e. The lowest BCUT2D eigenvalue weighted by atomic mass is 9.86. The van der Waals surface area contributed by atoms with E-state index >= 15 is 0 Å². The second-order valence-corrected chi connectivity index (χ2v) is 6.60. The number of rotatable bonds is 5. The van der Waals surface area contributed by atoms with Gasteiger partial charge in [0.2, 0.25) is 4.77 Å². The highest BCUT2D eigenvalue weighted by Gasteiger charge is 2.15. The van der Waals surface area contributed by atoms with Crippen LogP contribution in [0.15, 0.2) is 23.3 Å². The summed E-state index contributed by atoms with van der Waals surface area (Å²) in [7, 11) is 0. The lowest BCUT2D eigenvalue weighted by molar-refractivity contribution is 0.336. The van der Waals surface area contributed by atoms with Crippen LogP contribution in [0.25, 0.3) is 0 Å². The molecule has 1 heterocycles. The first-order valence-electron chi connectivity index (χ1n) is 8.29. The molecule has 7 heteroatoms. The summed E-state index contributed by atoms with van der Waals surface area (Å²) in [6, 6.07) is 3.65. The molecule has 24 heavy (non-hydrogen) atoms. The van der Waals surface area contributed by atoms with Crippen molar-refractivity contribution in [1.29, 1.82) is 0 Å². The lowest BCUT2D eigenvalue weighted by Crippen LogP contribution is -2.09. The summed E-state index contributed by atoms with van der Waals surface area (Å²) < 4.78 is 28.2. The Morgan fingerprint density at radius 3 is 2.79 bits per heavy atom. The summed E-state index contributed by atoms with van der Waals surface area (Å²) in [5.74, 6) is -0.260. The van der Waals surface area contributed by atoms with Crippen LogP contribution < -0.4 is 0 Å². The fraction of sp³-hybridized carbons (Fsp3) is 0.471. The van der Waals surface area contributed by atoms with Crippen LogP contribution in [0.2, 0.25) is 0 Å². The van der Waals surface area contributed by atoms with E-state index < -0.39 is 11.6 Å². The van der Waals surface area contributed by atoms with Crippen molar-refractivity contribution in [1.82, 2.24) is 14.9 Å². The van der Waals surface area contributed by atoms with Gasteiger partial charge in [-0.05, 0) is 42.3 Å². The normalized spacial score (nSPS) is 16.1. The number of aromatic nitrogens is 3. The zero-order chi connectivity index (χ0) is 16.9. The van der Waals surface area contributed by atoms with Crippen LogP contribution in [-0.2, 0) is 6.42 Å². The van der Waals surface area contributed by atoms with Crippen molar-refractivity contribution >= 4 is 18.4 Å². The number of nitrogens with zero attached hydrogens (tertiary/aromatic N) is 3. The van der Waals surface area contributed by atoms with Crippen molar-refractivity contribution in [3.05, 3.63) is 46.0 Å². The maximum atomic E-state index is 13.2. The molecule has 0 saturated heterocycles. The Kier molecular flexibility index (Phi) is 5.50. The maximum absolute atomic E-state index is 13.2. The number of hydrogen-bond acceptors (Lipinski definition) is 3. The van der Waals surface area contributed by atoms with E-state index in [4.69, 9.17) is 12.2 Å². The first-order chi connectivity index (χ1) is 11.6. The molecule has 1 saturated carbocycles. The van der Waals surface area contributed by atoms with Crippen molar-refractivity contribution < 1.29 is 8.78 Å². The molecule has 1 N–H and O–H groups in total. The van der Waals surface area contributed by atoms with Gasteiger partial charge in [0, 0.05) is 6.42 Å². The van der Waals surface area contributed by atoms with Crippen LogP contribution in [-0.4, -0.2) is 21.1 Å². The van der Waals surface area contributed by atoms with Crippen LogP contribution >= 0.6 is 12.2 Å².